The summed E-state index contributed by atoms with van der Waals surface area (Å²) in [5.74, 6) is 0.303. The van der Waals surface area contributed by atoms with E-state index in [-0.39, 0.29) is 0 Å². The first-order chi connectivity index (χ1) is 9.29. The number of phenols is 1. The van der Waals surface area contributed by atoms with E-state index in [0.717, 1.165) is 26.2 Å². The van der Waals surface area contributed by atoms with Crippen molar-refractivity contribution in [2.24, 2.45) is 0 Å². The largest absolute Gasteiger partial charge is 0.508 e. The Kier molecular flexibility index (Phi) is 5.01. The topological polar surface area (TPSA) is 46.4 Å². The Morgan fingerprint density at radius 2 is 2.00 bits per heavy atom. The van der Waals surface area contributed by atoms with E-state index in [1.807, 2.05) is 18.2 Å². The van der Waals surface area contributed by atoms with Gasteiger partial charge in [-0.15, -0.1) is 0 Å². The fourth-order valence-corrected chi connectivity index (χ4v) is 1.95. The third kappa shape index (κ3) is 4.12. The van der Waals surface area contributed by atoms with Gasteiger partial charge in [0, 0.05) is 38.6 Å². The number of phenolic OH excluding ortho intramolecular Hbond substituents is 1. The summed E-state index contributed by atoms with van der Waals surface area (Å²) in [6, 6.07) is 11.5. The lowest BCUT2D eigenvalue weighted by atomic mass is 10.2. The van der Waals surface area contributed by atoms with Gasteiger partial charge in [0.2, 0.25) is 0 Å². The van der Waals surface area contributed by atoms with Crippen LogP contribution in [0.3, 0.4) is 0 Å². The molecule has 0 spiro atoms. The van der Waals surface area contributed by atoms with Crippen LogP contribution in [0.2, 0.25) is 0 Å². The second-order valence-corrected chi connectivity index (χ2v) is 4.46. The molecule has 0 amide bonds. The van der Waals surface area contributed by atoms with Crippen LogP contribution in [0.1, 0.15) is 11.3 Å². The summed E-state index contributed by atoms with van der Waals surface area (Å²) in [5.41, 5.74) is 2.41. The predicted octanol–water partition coefficient (Wildman–Crippen LogP) is 1.98. The molecule has 0 aliphatic rings. The molecule has 19 heavy (non-hydrogen) atoms. The van der Waals surface area contributed by atoms with Crippen LogP contribution in [0.15, 0.2) is 42.6 Å². The molecule has 4 heteroatoms. The van der Waals surface area contributed by atoms with E-state index < -0.39 is 0 Å². The fraction of sp³-hybridized carbons (Fsp3) is 0.333. The Bertz CT molecular complexity index is 491. The number of benzene rings is 1. The summed E-state index contributed by atoms with van der Waals surface area (Å²) in [4.78, 5) is 0. The van der Waals surface area contributed by atoms with Crippen LogP contribution in [0.5, 0.6) is 5.75 Å². The lowest BCUT2D eigenvalue weighted by molar-refractivity contribution is 0.199. The van der Waals surface area contributed by atoms with Gasteiger partial charge in [-0.05, 0) is 29.8 Å². The Balaban J connectivity index is 1.93. The molecular formula is C15H20N2O2. The molecule has 2 N–H and O–H groups in total. The van der Waals surface area contributed by atoms with Crippen LogP contribution in [-0.4, -0.2) is 29.9 Å². The van der Waals surface area contributed by atoms with Gasteiger partial charge in [-0.25, -0.2) is 0 Å². The maximum Gasteiger partial charge on any atom is 0.115 e. The van der Waals surface area contributed by atoms with Gasteiger partial charge in [-0.2, -0.15) is 0 Å². The number of aromatic hydroxyl groups is 1. The van der Waals surface area contributed by atoms with Gasteiger partial charge in [0.25, 0.3) is 0 Å². The van der Waals surface area contributed by atoms with Crippen LogP contribution in [0.25, 0.3) is 0 Å². The zero-order valence-electron chi connectivity index (χ0n) is 11.2. The van der Waals surface area contributed by atoms with Gasteiger partial charge in [-0.3, -0.25) is 0 Å². The Labute approximate surface area is 113 Å². The molecule has 0 radical (unpaired) electrons. The molecule has 0 unspecified atom stereocenters. The molecule has 2 aromatic rings. The van der Waals surface area contributed by atoms with Gasteiger partial charge >= 0.3 is 0 Å². The van der Waals surface area contributed by atoms with Crippen LogP contribution < -0.4 is 5.32 Å². The number of nitrogens with one attached hydrogen (secondary N) is 1. The highest BCUT2D eigenvalue weighted by molar-refractivity contribution is 5.26. The lowest BCUT2D eigenvalue weighted by Crippen LogP contribution is -2.20. The van der Waals surface area contributed by atoms with E-state index in [9.17, 15) is 5.11 Å². The van der Waals surface area contributed by atoms with Crippen LogP contribution in [0, 0.1) is 0 Å². The number of rotatable bonds is 7. The van der Waals surface area contributed by atoms with E-state index in [1.54, 1.807) is 19.2 Å². The highest BCUT2D eigenvalue weighted by Gasteiger charge is 2.01. The molecule has 102 valence electrons. The minimum atomic E-state index is 0.303. The van der Waals surface area contributed by atoms with E-state index in [0.29, 0.717) is 5.75 Å². The lowest BCUT2D eigenvalue weighted by Gasteiger charge is -2.10. The first-order valence-electron chi connectivity index (χ1n) is 6.41. The summed E-state index contributed by atoms with van der Waals surface area (Å²) in [7, 11) is 1.70. The summed E-state index contributed by atoms with van der Waals surface area (Å²) >= 11 is 0. The normalized spacial score (nSPS) is 10.8. The summed E-state index contributed by atoms with van der Waals surface area (Å²) in [5, 5.41) is 12.6. The van der Waals surface area contributed by atoms with Gasteiger partial charge in [0.05, 0.1) is 6.61 Å². The van der Waals surface area contributed by atoms with Gasteiger partial charge in [0.15, 0.2) is 0 Å². The molecule has 1 aromatic heterocycles. The first kappa shape index (κ1) is 13.6. The number of ether oxygens (including phenoxy) is 1. The van der Waals surface area contributed by atoms with E-state index in [2.05, 4.69) is 22.1 Å². The minimum absolute atomic E-state index is 0.303. The maximum absolute atomic E-state index is 9.28. The average molecular weight is 260 g/mol. The minimum Gasteiger partial charge on any atom is -0.508 e. The monoisotopic (exact) mass is 260 g/mol. The molecular weight excluding hydrogens is 240 g/mol. The second kappa shape index (κ2) is 6.97. The molecule has 1 heterocycles. The summed E-state index contributed by atoms with van der Waals surface area (Å²) < 4.78 is 7.21. The van der Waals surface area contributed by atoms with Crippen molar-refractivity contribution in [2.75, 3.05) is 20.3 Å². The van der Waals surface area contributed by atoms with Crippen LogP contribution >= 0.6 is 0 Å². The van der Waals surface area contributed by atoms with Gasteiger partial charge < -0.3 is 19.7 Å². The molecule has 0 aliphatic heterocycles. The average Bonchev–Trinajstić information content (AvgIpc) is 2.85. The zero-order chi connectivity index (χ0) is 13.5. The van der Waals surface area contributed by atoms with E-state index >= 15 is 0 Å². The number of methoxy groups -OCH3 is 1. The highest BCUT2D eigenvalue weighted by Crippen LogP contribution is 2.12. The van der Waals surface area contributed by atoms with Gasteiger partial charge in [-0.1, -0.05) is 12.1 Å². The van der Waals surface area contributed by atoms with Crippen molar-refractivity contribution >= 4 is 0 Å². The van der Waals surface area contributed by atoms with Crippen molar-refractivity contribution in [3.8, 4) is 5.75 Å². The van der Waals surface area contributed by atoms with Crippen molar-refractivity contribution < 1.29 is 9.84 Å². The number of nitrogens with zero attached hydrogens (tertiary/aromatic N) is 1. The summed E-state index contributed by atoms with van der Waals surface area (Å²) in [6.45, 7) is 3.21. The third-order valence-electron chi connectivity index (χ3n) is 3.00. The molecule has 0 saturated heterocycles. The van der Waals surface area contributed by atoms with Crippen molar-refractivity contribution in [3.63, 3.8) is 0 Å². The molecule has 0 bridgehead atoms. The molecule has 0 saturated carbocycles. The number of hydrogen-bond donors (Lipinski definition) is 2. The Morgan fingerprint density at radius 3 is 2.74 bits per heavy atom. The van der Waals surface area contributed by atoms with Crippen molar-refractivity contribution in [2.45, 2.75) is 13.1 Å². The second-order valence-electron chi connectivity index (χ2n) is 4.46. The summed E-state index contributed by atoms with van der Waals surface area (Å²) in [6.07, 6.45) is 2.07. The van der Waals surface area contributed by atoms with Crippen molar-refractivity contribution in [1.29, 1.82) is 0 Å². The molecule has 4 nitrogen and oxygen atoms in total. The standard InChI is InChI=1S/C15H20N2O2/c1-19-10-8-16-11-14-3-2-9-17(14)12-13-4-6-15(18)7-5-13/h2-7,9,16,18H,8,10-12H2,1H3. The Morgan fingerprint density at radius 1 is 1.21 bits per heavy atom. The molecule has 0 aliphatic carbocycles. The molecule has 2 rings (SSSR count). The quantitative estimate of drug-likeness (QED) is 0.748. The highest BCUT2D eigenvalue weighted by atomic mass is 16.5. The molecule has 1 aromatic carbocycles. The SMILES string of the molecule is COCCNCc1cccn1Cc1ccc(O)cc1. The number of hydrogen-bond acceptors (Lipinski definition) is 3. The smallest absolute Gasteiger partial charge is 0.115 e. The number of aromatic nitrogens is 1. The first-order valence-corrected chi connectivity index (χ1v) is 6.41. The van der Waals surface area contributed by atoms with Crippen LogP contribution in [-0.2, 0) is 17.8 Å². The zero-order valence-corrected chi connectivity index (χ0v) is 11.2. The van der Waals surface area contributed by atoms with Crippen molar-refractivity contribution in [1.82, 2.24) is 9.88 Å². The van der Waals surface area contributed by atoms with E-state index in [1.165, 1.54) is 11.3 Å². The van der Waals surface area contributed by atoms with Gasteiger partial charge in [0.1, 0.15) is 5.75 Å². The predicted molar refractivity (Wildman–Crippen MR) is 75.2 cm³/mol. The fourth-order valence-electron chi connectivity index (χ4n) is 1.95. The molecule has 0 atom stereocenters. The maximum atomic E-state index is 9.28. The Hall–Kier alpha value is -1.78. The van der Waals surface area contributed by atoms with E-state index in [4.69, 9.17) is 4.74 Å². The molecule has 0 fully saturated rings. The third-order valence-corrected chi connectivity index (χ3v) is 3.00. The van der Waals surface area contributed by atoms with Crippen LogP contribution in [0.4, 0.5) is 0 Å². The van der Waals surface area contributed by atoms with Crippen molar-refractivity contribution in [3.05, 3.63) is 53.9 Å².